The van der Waals surface area contributed by atoms with Crippen molar-refractivity contribution in [2.24, 2.45) is 11.3 Å². The van der Waals surface area contributed by atoms with Crippen molar-refractivity contribution in [2.75, 3.05) is 23.1 Å². The van der Waals surface area contributed by atoms with E-state index in [2.05, 4.69) is 34.0 Å². The third kappa shape index (κ3) is 5.68. The van der Waals surface area contributed by atoms with Gasteiger partial charge in [-0.3, -0.25) is 19.2 Å². The molecule has 5 rings (SSSR count). The maximum absolute atomic E-state index is 13.5. The smallest absolute Gasteiger partial charge is 0.357 e. The van der Waals surface area contributed by atoms with Crippen LogP contribution in [0.5, 0.6) is 0 Å². The van der Waals surface area contributed by atoms with Crippen LogP contribution in [-0.4, -0.2) is 51.8 Å². The minimum absolute atomic E-state index is 0.226. The van der Waals surface area contributed by atoms with Crippen LogP contribution < -0.4 is 20.1 Å². The molecule has 9 nitrogen and oxygen atoms in total. The van der Waals surface area contributed by atoms with Crippen LogP contribution in [0, 0.1) is 18.3 Å². The minimum Gasteiger partial charge on any atom is -0.357 e. The molecule has 0 aromatic carbocycles. The Kier molecular flexibility index (Phi) is 7.60. The van der Waals surface area contributed by atoms with Crippen LogP contribution in [0.3, 0.4) is 0 Å². The SMILES string of the molecule is Cc1c2cnn1CCCC1CN(c3nc(N4C=CC(OCC(C)(C)C(F)(F)F)N4)ccc3C(=O)NS2)C(C)(C)C1. The van der Waals surface area contributed by atoms with Gasteiger partial charge in [-0.1, -0.05) is 0 Å². The lowest BCUT2D eigenvalue weighted by atomic mass is 9.93. The summed E-state index contributed by atoms with van der Waals surface area (Å²) in [7, 11) is 0. The zero-order valence-corrected chi connectivity index (χ0v) is 24.2. The molecule has 4 bridgehead atoms. The van der Waals surface area contributed by atoms with Crippen LogP contribution in [0.2, 0.25) is 0 Å². The summed E-state index contributed by atoms with van der Waals surface area (Å²) in [6, 6.07) is 3.46. The Morgan fingerprint density at radius 3 is 2.77 bits per heavy atom. The summed E-state index contributed by atoms with van der Waals surface area (Å²) >= 11 is 1.24. The fourth-order valence-corrected chi connectivity index (χ4v) is 6.02. The predicted molar refractivity (Wildman–Crippen MR) is 148 cm³/mol. The Morgan fingerprint density at radius 1 is 1.25 bits per heavy atom. The second-order valence-corrected chi connectivity index (χ2v) is 12.8. The average molecular weight is 580 g/mol. The number of aryl methyl sites for hydroxylation is 1. The van der Waals surface area contributed by atoms with Crippen molar-refractivity contribution in [2.45, 2.75) is 83.3 Å². The van der Waals surface area contributed by atoms with Crippen LogP contribution in [0.25, 0.3) is 0 Å². The van der Waals surface area contributed by atoms with Gasteiger partial charge in [-0.25, -0.2) is 4.98 Å². The standard InChI is InChI=1S/C27H36F3N7O2S/c1-17-20-14-31-36(17)11-6-7-18-13-26(4,5)35(15-18)23-19(24(38)34-40-20)8-9-21(32-23)37-12-10-22(33-37)39-16-25(2,3)27(28,29)30/h8-10,12,14,18,22,33H,6-7,11,13,15-16H2,1-5H3,(H,34,38). The quantitative estimate of drug-likeness (QED) is 0.479. The number of carbonyl (C=O) groups excluding carboxylic acids is 1. The zero-order chi connectivity index (χ0) is 28.9. The summed E-state index contributed by atoms with van der Waals surface area (Å²) in [6.07, 6.45) is 2.98. The number of hydrazine groups is 1. The lowest BCUT2D eigenvalue weighted by molar-refractivity contribution is -0.230. The summed E-state index contributed by atoms with van der Waals surface area (Å²) < 4.78 is 50.3. The summed E-state index contributed by atoms with van der Waals surface area (Å²) in [5, 5.41) is 6.12. The first-order valence-corrected chi connectivity index (χ1v) is 14.3. The number of nitrogens with zero attached hydrogens (tertiary/aromatic N) is 5. The first-order valence-electron chi connectivity index (χ1n) is 13.5. The molecular weight excluding hydrogens is 543 g/mol. The molecule has 2 aromatic heterocycles. The van der Waals surface area contributed by atoms with Gasteiger partial charge in [0.05, 0.1) is 34.4 Å². The number of hydrogen-bond acceptors (Lipinski definition) is 8. The highest BCUT2D eigenvalue weighted by Crippen LogP contribution is 2.41. The molecule has 0 spiro atoms. The normalized spacial score (nSPS) is 23.2. The van der Waals surface area contributed by atoms with Crippen molar-refractivity contribution in [3.8, 4) is 0 Å². The number of fused-ring (bicyclic) bond motifs is 6. The topological polar surface area (TPSA) is 87.6 Å². The summed E-state index contributed by atoms with van der Waals surface area (Å²) in [4.78, 5) is 21.5. The Hall–Kier alpha value is -2.77. The van der Waals surface area contributed by atoms with Crippen LogP contribution in [0.4, 0.5) is 24.8 Å². The second-order valence-electron chi connectivity index (χ2n) is 12.0. The van der Waals surface area contributed by atoms with Crippen molar-refractivity contribution in [3.05, 3.63) is 41.9 Å². The van der Waals surface area contributed by atoms with E-state index in [-0.39, 0.29) is 11.4 Å². The lowest BCUT2D eigenvalue weighted by Crippen LogP contribution is -2.43. The largest absolute Gasteiger partial charge is 0.396 e. The first-order chi connectivity index (χ1) is 18.7. The van der Waals surface area contributed by atoms with E-state index >= 15 is 0 Å². The van der Waals surface area contributed by atoms with Gasteiger partial charge in [0.25, 0.3) is 5.91 Å². The van der Waals surface area contributed by atoms with E-state index in [4.69, 9.17) is 9.72 Å². The fourth-order valence-electron chi connectivity index (χ4n) is 5.35. The van der Waals surface area contributed by atoms with E-state index in [9.17, 15) is 18.0 Å². The maximum Gasteiger partial charge on any atom is 0.396 e. The maximum atomic E-state index is 13.5. The molecule has 13 heteroatoms. The molecule has 40 heavy (non-hydrogen) atoms. The Morgan fingerprint density at radius 2 is 2.02 bits per heavy atom. The molecule has 1 fully saturated rings. The van der Waals surface area contributed by atoms with Gasteiger partial charge < -0.3 is 9.64 Å². The highest BCUT2D eigenvalue weighted by molar-refractivity contribution is 7.98. The Labute approximate surface area is 236 Å². The van der Waals surface area contributed by atoms with Gasteiger partial charge in [-0.05, 0) is 90.0 Å². The minimum atomic E-state index is -4.38. The van der Waals surface area contributed by atoms with Gasteiger partial charge in [0.1, 0.15) is 17.9 Å². The van der Waals surface area contributed by atoms with Crippen molar-refractivity contribution >= 4 is 29.5 Å². The molecule has 3 aliphatic rings. The molecule has 2 N–H and O–H groups in total. The van der Waals surface area contributed by atoms with Crippen molar-refractivity contribution in [3.63, 3.8) is 0 Å². The molecule has 2 aromatic rings. The lowest BCUT2D eigenvalue weighted by Gasteiger charge is -2.34. The molecule has 0 saturated carbocycles. The van der Waals surface area contributed by atoms with Crippen molar-refractivity contribution in [1.29, 1.82) is 0 Å². The van der Waals surface area contributed by atoms with Gasteiger partial charge in [0.15, 0.2) is 0 Å². The summed E-state index contributed by atoms with van der Waals surface area (Å²) in [5.41, 5.74) is 2.31. The van der Waals surface area contributed by atoms with Gasteiger partial charge >= 0.3 is 6.18 Å². The molecule has 1 saturated heterocycles. The fraction of sp³-hybridized carbons (Fsp3) is 0.593. The molecule has 0 aliphatic carbocycles. The summed E-state index contributed by atoms with van der Waals surface area (Å²) in [6.45, 7) is 9.66. The number of pyridine rings is 1. The number of amides is 1. The molecule has 2 unspecified atom stereocenters. The van der Waals surface area contributed by atoms with Crippen LogP contribution in [0.15, 0.2) is 35.5 Å². The molecule has 0 radical (unpaired) electrons. The number of halogens is 3. The van der Waals surface area contributed by atoms with E-state index in [0.717, 1.165) is 56.8 Å². The van der Waals surface area contributed by atoms with Crippen molar-refractivity contribution < 1.29 is 22.7 Å². The molecular formula is C27H36F3N7O2S. The number of aromatic nitrogens is 3. The summed E-state index contributed by atoms with van der Waals surface area (Å²) in [5.74, 6) is 1.26. The first kappa shape index (κ1) is 28.7. The number of ether oxygens (including phenoxy) is 1. The van der Waals surface area contributed by atoms with Crippen LogP contribution in [-0.2, 0) is 11.3 Å². The number of nitrogens with one attached hydrogen (secondary N) is 2. The van der Waals surface area contributed by atoms with Crippen LogP contribution >= 0.6 is 11.9 Å². The van der Waals surface area contributed by atoms with Gasteiger partial charge in [0, 0.05) is 24.8 Å². The predicted octanol–water partition coefficient (Wildman–Crippen LogP) is 5.19. The third-order valence-corrected chi connectivity index (χ3v) is 8.84. The number of alkyl halides is 3. The highest BCUT2D eigenvalue weighted by Gasteiger charge is 2.48. The third-order valence-electron chi connectivity index (χ3n) is 7.93. The monoisotopic (exact) mass is 579 g/mol. The molecule has 2 atom stereocenters. The molecule has 1 amide bonds. The van der Waals surface area contributed by atoms with Crippen LogP contribution in [0.1, 0.15) is 63.0 Å². The zero-order valence-electron chi connectivity index (χ0n) is 23.4. The highest BCUT2D eigenvalue weighted by atomic mass is 32.2. The second kappa shape index (κ2) is 10.6. The van der Waals surface area contributed by atoms with E-state index in [1.165, 1.54) is 11.9 Å². The van der Waals surface area contributed by atoms with E-state index in [1.54, 1.807) is 35.6 Å². The Balaban J connectivity index is 1.40. The van der Waals surface area contributed by atoms with E-state index < -0.39 is 24.4 Å². The van der Waals surface area contributed by atoms with Gasteiger partial charge in [-0.15, -0.1) is 0 Å². The van der Waals surface area contributed by atoms with E-state index in [1.807, 2.05) is 11.6 Å². The molecule has 5 heterocycles. The number of carbonyl (C=O) groups is 1. The van der Waals surface area contributed by atoms with Crippen molar-refractivity contribution in [1.82, 2.24) is 24.9 Å². The average Bonchev–Trinajstić information content (AvgIpc) is 3.57. The number of rotatable bonds is 4. The van der Waals surface area contributed by atoms with Gasteiger partial charge in [-0.2, -0.15) is 23.7 Å². The molecule has 3 aliphatic heterocycles. The molecule has 218 valence electrons. The van der Waals surface area contributed by atoms with Gasteiger partial charge in [0.2, 0.25) is 0 Å². The van der Waals surface area contributed by atoms with E-state index in [0.29, 0.717) is 23.1 Å². The number of anilines is 2. The number of hydrogen-bond donors (Lipinski definition) is 2. The Bertz CT molecular complexity index is 1290.